The molecule has 1 aliphatic heterocycles. The second-order valence-electron chi connectivity index (χ2n) is 5.98. The van der Waals surface area contributed by atoms with Crippen molar-refractivity contribution in [1.29, 1.82) is 0 Å². The molecule has 0 bridgehead atoms. The molecule has 2 heterocycles. The number of carbonyl (C=O) groups excluding carboxylic acids is 1. The van der Waals surface area contributed by atoms with Crippen molar-refractivity contribution in [2.75, 3.05) is 19.6 Å². The van der Waals surface area contributed by atoms with Gasteiger partial charge in [0.25, 0.3) is 0 Å². The van der Waals surface area contributed by atoms with E-state index in [4.69, 9.17) is 0 Å². The Hall–Kier alpha value is -1.13. The molecule has 1 aliphatic rings. The molecular weight excluding hydrogens is 280 g/mol. The lowest BCUT2D eigenvalue weighted by molar-refractivity contribution is -0.928. The fourth-order valence-electron chi connectivity index (χ4n) is 2.91. The number of hydrogen-bond donors (Lipinski definition) is 2. The molecule has 0 spiro atoms. The fraction of sp³-hybridized carbons (Fsp3) is 0.588. The third-order valence-electron chi connectivity index (χ3n) is 4.22. The highest BCUT2D eigenvalue weighted by molar-refractivity contribution is 7.12. The Morgan fingerprint density at radius 3 is 3.05 bits per heavy atom. The number of amides is 1. The lowest BCUT2D eigenvalue weighted by atomic mass is 10.0. The van der Waals surface area contributed by atoms with Crippen molar-refractivity contribution in [2.45, 2.75) is 45.6 Å². The van der Waals surface area contributed by atoms with Gasteiger partial charge in [-0.05, 0) is 51.3 Å². The van der Waals surface area contributed by atoms with Crippen LogP contribution in [0.2, 0.25) is 0 Å². The summed E-state index contributed by atoms with van der Waals surface area (Å²) in [5.74, 6) is 0.0164. The van der Waals surface area contributed by atoms with Gasteiger partial charge in [0, 0.05) is 28.8 Å². The monoisotopic (exact) mass is 307 g/mol. The van der Waals surface area contributed by atoms with Crippen LogP contribution in [0.25, 0.3) is 6.08 Å². The van der Waals surface area contributed by atoms with Crippen molar-refractivity contribution in [1.82, 2.24) is 5.32 Å². The van der Waals surface area contributed by atoms with E-state index in [1.54, 1.807) is 22.3 Å². The molecular formula is C17H27N2OS+. The summed E-state index contributed by atoms with van der Waals surface area (Å²) in [6.45, 7) is 7.68. The maximum Gasteiger partial charge on any atom is 0.244 e. The molecule has 0 saturated carbocycles. The summed E-state index contributed by atoms with van der Waals surface area (Å²) in [6.07, 6.45) is 8.69. The molecule has 116 valence electrons. The second kappa shape index (κ2) is 8.35. The quantitative estimate of drug-likeness (QED) is 0.612. The van der Waals surface area contributed by atoms with E-state index in [9.17, 15) is 4.79 Å². The largest absolute Gasteiger partial charge is 0.352 e. The van der Waals surface area contributed by atoms with Crippen molar-refractivity contribution in [2.24, 2.45) is 0 Å². The molecule has 2 N–H and O–H groups in total. The Kier molecular flexibility index (Phi) is 6.46. The predicted molar refractivity (Wildman–Crippen MR) is 89.7 cm³/mol. The SMILES string of the molecule is Cc1ccc(/C=C/C(=O)NCCC[NH+]2CCCC[C@@H]2C)s1. The van der Waals surface area contributed by atoms with Gasteiger partial charge in [-0.25, -0.2) is 0 Å². The van der Waals surface area contributed by atoms with E-state index in [0.29, 0.717) is 0 Å². The number of likely N-dealkylation sites (tertiary alicyclic amines) is 1. The molecule has 0 radical (unpaired) electrons. The molecule has 3 nitrogen and oxygen atoms in total. The Labute approximate surface area is 132 Å². The van der Waals surface area contributed by atoms with Gasteiger partial charge >= 0.3 is 0 Å². The number of carbonyl (C=O) groups is 1. The number of quaternary nitrogens is 1. The summed E-state index contributed by atoms with van der Waals surface area (Å²) in [4.78, 5) is 15.9. The summed E-state index contributed by atoms with van der Waals surface area (Å²) in [5.41, 5.74) is 0. The van der Waals surface area contributed by atoms with E-state index in [1.165, 1.54) is 37.2 Å². The Balaban J connectivity index is 1.62. The normalized spacial score (nSPS) is 22.6. The van der Waals surface area contributed by atoms with Crippen LogP contribution in [0.4, 0.5) is 0 Å². The first-order valence-corrected chi connectivity index (χ1v) is 8.84. The van der Waals surface area contributed by atoms with Crippen molar-refractivity contribution < 1.29 is 9.69 Å². The Morgan fingerprint density at radius 1 is 1.48 bits per heavy atom. The third kappa shape index (κ3) is 5.64. The number of nitrogens with one attached hydrogen (secondary N) is 2. The highest BCUT2D eigenvalue weighted by Gasteiger charge is 2.20. The van der Waals surface area contributed by atoms with Crippen LogP contribution < -0.4 is 10.2 Å². The van der Waals surface area contributed by atoms with Gasteiger partial charge in [0.2, 0.25) is 5.91 Å². The topological polar surface area (TPSA) is 33.5 Å². The molecule has 1 aromatic rings. The number of hydrogen-bond acceptors (Lipinski definition) is 2. The standard InChI is InChI=1S/C17H26N2OS/c1-14-6-3-4-12-19(14)13-5-11-18-17(20)10-9-16-8-7-15(2)21-16/h7-10,14H,3-6,11-13H2,1-2H3,(H,18,20)/p+1/b10-9+/t14-/m0/s1. The van der Waals surface area contributed by atoms with Crippen molar-refractivity contribution >= 4 is 23.3 Å². The van der Waals surface area contributed by atoms with Crippen LogP contribution in [0.5, 0.6) is 0 Å². The number of rotatable bonds is 6. The van der Waals surface area contributed by atoms with Crippen LogP contribution in [0, 0.1) is 6.92 Å². The maximum atomic E-state index is 11.7. The van der Waals surface area contributed by atoms with Crippen molar-refractivity contribution in [3.63, 3.8) is 0 Å². The Bertz CT molecular complexity index is 481. The number of aryl methyl sites for hydroxylation is 1. The van der Waals surface area contributed by atoms with Gasteiger partial charge in [-0.3, -0.25) is 4.79 Å². The zero-order chi connectivity index (χ0) is 15.1. The van der Waals surface area contributed by atoms with Crippen LogP contribution in [-0.2, 0) is 4.79 Å². The van der Waals surface area contributed by atoms with Gasteiger partial charge in [0.05, 0.1) is 19.1 Å². The minimum absolute atomic E-state index is 0.0164. The number of piperidine rings is 1. The lowest BCUT2D eigenvalue weighted by Crippen LogP contribution is -3.16. The molecule has 2 atom stereocenters. The molecule has 21 heavy (non-hydrogen) atoms. The van der Waals surface area contributed by atoms with E-state index in [0.717, 1.165) is 23.9 Å². The van der Waals surface area contributed by atoms with Crippen molar-refractivity contribution in [3.8, 4) is 0 Å². The zero-order valence-electron chi connectivity index (χ0n) is 13.2. The number of thiophene rings is 1. The van der Waals surface area contributed by atoms with Gasteiger partial charge in [-0.1, -0.05) is 0 Å². The first-order chi connectivity index (χ1) is 10.1. The minimum atomic E-state index is 0.0164. The molecule has 1 saturated heterocycles. The van der Waals surface area contributed by atoms with Gasteiger partial charge in [0.1, 0.15) is 0 Å². The molecule has 4 heteroatoms. The van der Waals surface area contributed by atoms with Gasteiger partial charge in [-0.15, -0.1) is 11.3 Å². The first-order valence-electron chi connectivity index (χ1n) is 8.02. The average Bonchev–Trinajstić information content (AvgIpc) is 2.89. The van der Waals surface area contributed by atoms with Crippen LogP contribution in [0.3, 0.4) is 0 Å². The van der Waals surface area contributed by atoms with Gasteiger partial charge in [0.15, 0.2) is 0 Å². The summed E-state index contributed by atoms with van der Waals surface area (Å²) in [6, 6.07) is 4.91. The third-order valence-corrected chi connectivity index (χ3v) is 5.18. The molecule has 1 unspecified atom stereocenters. The molecule has 1 aromatic heterocycles. The van der Waals surface area contributed by atoms with Gasteiger partial charge < -0.3 is 10.2 Å². The molecule has 1 amide bonds. The van der Waals surface area contributed by atoms with E-state index < -0.39 is 0 Å². The van der Waals surface area contributed by atoms with Crippen LogP contribution in [-0.4, -0.2) is 31.6 Å². The lowest BCUT2D eigenvalue weighted by Gasteiger charge is -2.30. The smallest absolute Gasteiger partial charge is 0.244 e. The summed E-state index contributed by atoms with van der Waals surface area (Å²) < 4.78 is 0. The van der Waals surface area contributed by atoms with E-state index in [-0.39, 0.29) is 5.91 Å². The van der Waals surface area contributed by atoms with Crippen molar-refractivity contribution in [3.05, 3.63) is 28.0 Å². The molecule has 0 aliphatic carbocycles. The summed E-state index contributed by atoms with van der Waals surface area (Å²) >= 11 is 1.71. The van der Waals surface area contributed by atoms with Crippen LogP contribution >= 0.6 is 11.3 Å². The van der Waals surface area contributed by atoms with Crippen LogP contribution in [0.1, 0.15) is 42.4 Å². The minimum Gasteiger partial charge on any atom is -0.352 e. The maximum absolute atomic E-state index is 11.7. The fourth-order valence-corrected chi connectivity index (χ4v) is 3.69. The second-order valence-corrected chi connectivity index (χ2v) is 7.30. The summed E-state index contributed by atoms with van der Waals surface area (Å²) in [5, 5.41) is 2.98. The van der Waals surface area contributed by atoms with E-state index >= 15 is 0 Å². The van der Waals surface area contributed by atoms with Gasteiger partial charge in [-0.2, -0.15) is 0 Å². The molecule has 2 rings (SSSR count). The van der Waals surface area contributed by atoms with E-state index in [2.05, 4.69) is 25.2 Å². The average molecular weight is 307 g/mol. The molecule has 0 aromatic carbocycles. The molecule has 1 fully saturated rings. The highest BCUT2D eigenvalue weighted by atomic mass is 32.1. The first kappa shape index (κ1) is 16.2. The zero-order valence-corrected chi connectivity index (χ0v) is 14.0. The van der Waals surface area contributed by atoms with Crippen LogP contribution in [0.15, 0.2) is 18.2 Å². The highest BCUT2D eigenvalue weighted by Crippen LogP contribution is 2.16. The summed E-state index contributed by atoms with van der Waals surface area (Å²) in [7, 11) is 0. The predicted octanol–water partition coefficient (Wildman–Crippen LogP) is 2.03. The van der Waals surface area contributed by atoms with E-state index in [1.807, 2.05) is 12.1 Å². The Morgan fingerprint density at radius 2 is 2.33 bits per heavy atom.